The fourth-order valence-electron chi connectivity index (χ4n) is 2.52. The molecule has 0 radical (unpaired) electrons. The van der Waals surface area contributed by atoms with E-state index in [-0.39, 0.29) is 11.4 Å². The van der Waals surface area contributed by atoms with E-state index in [0.717, 1.165) is 38.7 Å². The van der Waals surface area contributed by atoms with Gasteiger partial charge in [0.2, 0.25) is 5.91 Å². The van der Waals surface area contributed by atoms with E-state index in [0.29, 0.717) is 6.42 Å². The second-order valence-corrected chi connectivity index (χ2v) is 5.80. The number of carbonyl (C=O) groups is 1. The molecule has 1 aliphatic carbocycles. The van der Waals surface area contributed by atoms with E-state index in [9.17, 15) is 4.79 Å². The van der Waals surface area contributed by atoms with Crippen molar-refractivity contribution in [3.05, 3.63) is 35.4 Å². The molecule has 0 aromatic heterocycles. The Labute approximate surface area is 121 Å². The van der Waals surface area contributed by atoms with Crippen molar-refractivity contribution in [1.29, 1.82) is 0 Å². The third-order valence-electron chi connectivity index (χ3n) is 3.99. The minimum Gasteiger partial charge on any atom is -0.385 e. The number of hydrogen-bond acceptors (Lipinski definition) is 2. The van der Waals surface area contributed by atoms with E-state index in [1.165, 1.54) is 11.1 Å². The van der Waals surface area contributed by atoms with Crippen LogP contribution in [-0.2, 0) is 15.1 Å². The van der Waals surface area contributed by atoms with Crippen LogP contribution in [0.1, 0.15) is 49.7 Å². The Morgan fingerprint density at radius 1 is 1.20 bits per heavy atom. The number of rotatable bonds is 8. The van der Waals surface area contributed by atoms with Gasteiger partial charge in [-0.05, 0) is 38.2 Å². The number of methoxy groups -OCH3 is 1. The topological polar surface area (TPSA) is 38.3 Å². The van der Waals surface area contributed by atoms with Gasteiger partial charge in [-0.1, -0.05) is 36.2 Å². The van der Waals surface area contributed by atoms with Gasteiger partial charge < -0.3 is 10.1 Å². The van der Waals surface area contributed by atoms with Crippen molar-refractivity contribution in [1.82, 2.24) is 5.32 Å². The monoisotopic (exact) mass is 275 g/mol. The van der Waals surface area contributed by atoms with Crippen LogP contribution in [0.5, 0.6) is 0 Å². The van der Waals surface area contributed by atoms with Crippen LogP contribution >= 0.6 is 0 Å². The van der Waals surface area contributed by atoms with Crippen LogP contribution in [0.25, 0.3) is 0 Å². The molecule has 0 spiro atoms. The van der Waals surface area contributed by atoms with Gasteiger partial charge in [-0.25, -0.2) is 0 Å². The molecule has 0 aliphatic heterocycles. The zero-order valence-corrected chi connectivity index (χ0v) is 12.6. The first-order valence-corrected chi connectivity index (χ1v) is 7.53. The van der Waals surface area contributed by atoms with Crippen molar-refractivity contribution in [3.8, 4) is 0 Å². The number of amides is 1. The smallest absolute Gasteiger partial charge is 0.220 e. The molecule has 3 nitrogen and oxygen atoms in total. The highest BCUT2D eigenvalue weighted by molar-refractivity contribution is 5.77. The van der Waals surface area contributed by atoms with Crippen molar-refractivity contribution in [2.24, 2.45) is 0 Å². The van der Waals surface area contributed by atoms with Gasteiger partial charge in [-0.3, -0.25) is 4.79 Å². The van der Waals surface area contributed by atoms with Crippen molar-refractivity contribution in [3.63, 3.8) is 0 Å². The molecule has 20 heavy (non-hydrogen) atoms. The lowest BCUT2D eigenvalue weighted by molar-refractivity contribution is -0.122. The van der Waals surface area contributed by atoms with Crippen LogP contribution in [-0.4, -0.2) is 19.6 Å². The molecule has 0 unspecified atom stereocenters. The molecule has 1 amide bonds. The molecule has 1 fully saturated rings. The van der Waals surface area contributed by atoms with Gasteiger partial charge in [0.25, 0.3) is 0 Å². The molecule has 1 N–H and O–H groups in total. The molecule has 1 aromatic carbocycles. The highest BCUT2D eigenvalue weighted by Crippen LogP contribution is 2.45. The lowest BCUT2D eigenvalue weighted by Gasteiger charge is -2.18. The summed E-state index contributed by atoms with van der Waals surface area (Å²) in [5, 5.41) is 3.22. The van der Waals surface area contributed by atoms with E-state index in [2.05, 4.69) is 36.5 Å². The van der Waals surface area contributed by atoms with Gasteiger partial charge >= 0.3 is 0 Å². The molecule has 1 aromatic rings. The number of unbranched alkanes of at least 4 members (excludes halogenated alkanes) is 2. The largest absolute Gasteiger partial charge is 0.385 e. The Kier molecular flexibility index (Phi) is 5.18. The summed E-state index contributed by atoms with van der Waals surface area (Å²) in [5.41, 5.74) is 2.43. The Hall–Kier alpha value is -1.35. The Morgan fingerprint density at radius 2 is 1.90 bits per heavy atom. The quantitative estimate of drug-likeness (QED) is 0.739. The van der Waals surface area contributed by atoms with Crippen LogP contribution in [0.4, 0.5) is 0 Å². The van der Waals surface area contributed by atoms with Gasteiger partial charge in [0, 0.05) is 20.1 Å². The average Bonchev–Trinajstić information content (AvgIpc) is 3.20. The maximum Gasteiger partial charge on any atom is 0.220 e. The fourth-order valence-corrected chi connectivity index (χ4v) is 2.52. The number of nitrogens with one attached hydrogen (secondary N) is 1. The van der Waals surface area contributed by atoms with E-state index in [4.69, 9.17) is 4.74 Å². The summed E-state index contributed by atoms with van der Waals surface area (Å²) >= 11 is 0. The zero-order chi connectivity index (χ0) is 14.4. The second-order valence-electron chi connectivity index (χ2n) is 5.80. The molecule has 0 atom stereocenters. The van der Waals surface area contributed by atoms with Crippen LogP contribution < -0.4 is 5.32 Å². The summed E-state index contributed by atoms with van der Waals surface area (Å²) in [4.78, 5) is 12.0. The van der Waals surface area contributed by atoms with E-state index >= 15 is 0 Å². The van der Waals surface area contributed by atoms with Crippen LogP contribution in [0.2, 0.25) is 0 Å². The highest BCUT2D eigenvalue weighted by atomic mass is 16.5. The van der Waals surface area contributed by atoms with E-state index in [1.54, 1.807) is 7.11 Å². The second kappa shape index (κ2) is 6.89. The van der Waals surface area contributed by atoms with Crippen molar-refractivity contribution in [2.75, 3.05) is 13.7 Å². The molecular weight excluding hydrogens is 250 g/mol. The molecular formula is C17H25NO2. The average molecular weight is 275 g/mol. The lowest BCUT2D eigenvalue weighted by Crippen LogP contribution is -2.34. The molecule has 2 rings (SSSR count). The van der Waals surface area contributed by atoms with Gasteiger partial charge in [-0.2, -0.15) is 0 Å². The first kappa shape index (κ1) is 15.0. The van der Waals surface area contributed by atoms with Gasteiger partial charge in [-0.15, -0.1) is 0 Å². The lowest BCUT2D eigenvalue weighted by atomic mass is 10.0. The summed E-state index contributed by atoms with van der Waals surface area (Å²) in [5.74, 6) is 0.181. The Morgan fingerprint density at radius 3 is 2.50 bits per heavy atom. The number of benzene rings is 1. The van der Waals surface area contributed by atoms with Crippen molar-refractivity contribution < 1.29 is 9.53 Å². The minimum absolute atomic E-state index is 0.0721. The summed E-state index contributed by atoms with van der Waals surface area (Å²) in [7, 11) is 1.71. The first-order valence-electron chi connectivity index (χ1n) is 7.53. The van der Waals surface area contributed by atoms with Gasteiger partial charge in [0.15, 0.2) is 0 Å². The maximum atomic E-state index is 12.0. The third kappa shape index (κ3) is 4.07. The first-order chi connectivity index (χ1) is 9.66. The van der Waals surface area contributed by atoms with Crippen LogP contribution in [0.3, 0.4) is 0 Å². The summed E-state index contributed by atoms with van der Waals surface area (Å²) in [6.07, 6.45) is 5.78. The Balaban J connectivity index is 1.77. The van der Waals surface area contributed by atoms with E-state index < -0.39 is 0 Å². The normalized spacial score (nSPS) is 15.9. The van der Waals surface area contributed by atoms with E-state index in [1.807, 2.05) is 0 Å². The van der Waals surface area contributed by atoms with Crippen LogP contribution in [0, 0.1) is 6.92 Å². The fraction of sp³-hybridized carbons (Fsp3) is 0.588. The number of ether oxygens (including phenoxy) is 1. The predicted octanol–water partition coefficient (Wildman–Crippen LogP) is 3.31. The van der Waals surface area contributed by atoms with Crippen molar-refractivity contribution >= 4 is 5.91 Å². The molecule has 3 heteroatoms. The summed E-state index contributed by atoms with van der Waals surface area (Å²) in [6, 6.07) is 8.51. The summed E-state index contributed by atoms with van der Waals surface area (Å²) in [6.45, 7) is 2.87. The highest BCUT2D eigenvalue weighted by Gasteiger charge is 2.45. The maximum absolute atomic E-state index is 12.0. The molecule has 110 valence electrons. The molecule has 0 saturated heterocycles. The Bertz CT molecular complexity index is 435. The predicted molar refractivity (Wildman–Crippen MR) is 80.6 cm³/mol. The third-order valence-corrected chi connectivity index (χ3v) is 3.99. The SMILES string of the molecule is COCCCCCC(=O)NC1(c2ccc(C)cc2)CC1. The molecule has 0 bridgehead atoms. The molecule has 0 heterocycles. The zero-order valence-electron chi connectivity index (χ0n) is 12.6. The molecule has 1 saturated carbocycles. The standard InChI is InChI=1S/C17H25NO2/c1-14-7-9-15(10-8-14)17(11-12-17)18-16(19)6-4-3-5-13-20-2/h7-10H,3-6,11-13H2,1-2H3,(H,18,19). The van der Waals surface area contributed by atoms with Gasteiger partial charge in [0.05, 0.1) is 5.54 Å². The number of aryl methyl sites for hydroxylation is 1. The molecule has 1 aliphatic rings. The number of carbonyl (C=O) groups excluding carboxylic acids is 1. The van der Waals surface area contributed by atoms with Gasteiger partial charge in [0.1, 0.15) is 0 Å². The minimum atomic E-state index is -0.0721. The van der Waals surface area contributed by atoms with Crippen molar-refractivity contribution in [2.45, 2.75) is 51.0 Å². The number of hydrogen-bond donors (Lipinski definition) is 1. The van der Waals surface area contributed by atoms with Crippen LogP contribution in [0.15, 0.2) is 24.3 Å². The summed E-state index contributed by atoms with van der Waals surface area (Å²) < 4.78 is 5.01.